The average molecular weight is 284 g/mol. The van der Waals surface area contributed by atoms with E-state index in [4.69, 9.17) is 10.5 Å². The molecule has 2 heterocycles. The van der Waals surface area contributed by atoms with Crippen molar-refractivity contribution in [2.75, 3.05) is 45.6 Å². The van der Waals surface area contributed by atoms with Crippen LogP contribution < -0.4 is 5.73 Å². The zero-order chi connectivity index (χ0) is 13.7. The first-order valence-electron chi connectivity index (χ1n) is 6.38. The minimum atomic E-state index is 0.173. The lowest BCUT2D eigenvalue weighted by atomic mass is 10.3. The van der Waals surface area contributed by atoms with Gasteiger partial charge in [-0.15, -0.1) is 11.3 Å². The number of hydrogen-bond donors (Lipinski definition) is 1. The molecular formula is C12H20N4O2S. The maximum Gasteiger partial charge on any atom is 0.236 e. The summed E-state index contributed by atoms with van der Waals surface area (Å²) in [4.78, 5) is 21.3. The third kappa shape index (κ3) is 4.15. The topological polar surface area (TPSA) is 71.7 Å². The highest BCUT2D eigenvalue weighted by Gasteiger charge is 2.21. The molecule has 0 aliphatic carbocycles. The highest BCUT2D eigenvalue weighted by Crippen LogP contribution is 2.17. The van der Waals surface area contributed by atoms with Crippen molar-refractivity contribution in [2.45, 2.75) is 13.0 Å². The van der Waals surface area contributed by atoms with Gasteiger partial charge in [-0.2, -0.15) is 0 Å². The standard InChI is InChI=1S/C12H20N4O2S/c1-18-6-5-16-4-2-3-15(9-11(16)17)8-10-7-14-12(13)19-10/h7H,2-6,8-9H2,1H3,(H2,13,14). The number of rotatable bonds is 5. The monoisotopic (exact) mass is 284 g/mol. The second-order valence-corrected chi connectivity index (χ2v) is 5.75. The van der Waals surface area contributed by atoms with E-state index in [1.807, 2.05) is 4.90 Å². The number of thiazole rings is 1. The second-order valence-electron chi connectivity index (χ2n) is 4.60. The molecule has 0 atom stereocenters. The Hall–Kier alpha value is -1.18. The molecule has 1 amide bonds. The number of hydrogen-bond acceptors (Lipinski definition) is 6. The number of nitrogen functional groups attached to an aromatic ring is 1. The Morgan fingerprint density at radius 1 is 1.53 bits per heavy atom. The predicted octanol–water partition coefficient (Wildman–Crippen LogP) is 0.406. The van der Waals surface area contributed by atoms with Crippen molar-refractivity contribution < 1.29 is 9.53 Å². The number of carbonyl (C=O) groups excluding carboxylic acids is 1. The van der Waals surface area contributed by atoms with Crippen LogP contribution in [0.2, 0.25) is 0 Å². The van der Waals surface area contributed by atoms with Crippen LogP contribution in [0.1, 0.15) is 11.3 Å². The Balaban J connectivity index is 1.89. The maximum absolute atomic E-state index is 12.1. The van der Waals surface area contributed by atoms with Crippen LogP contribution in [0, 0.1) is 0 Å². The maximum atomic E-state index is 12.1. The quantitative estimate of drug-likeness (QED) is 0.848. The van der Waals surface area contributed by atoms with Gasteiger partial charge in [0.1, 0.15) is 0 Å². The number of anilines is 1. The van der Waals surface area contributed by atoms with Crippen molar-refractivity contribution in [2.24, 2.45) is 0 Å². The SMILES string of the molecule is COCCN1CCCN(Cc2cnc(N)s2)CC1=O. The van der Waals surface area contributed by atoms with Crippen LogP contribution in [0.3, 0.4) is 0 Å². The van der Waals surface area contributed by atoms with Crippen molar-refractivity contribution in [3.8, 4) is 0 Å². The van der Waals surface area contributed by atoms with Gasteiger partial charge in [0.25, 0.3) is 0 Å². The minimum Gasteiger partial charge on any atom is -0.383 e. The molecule has 1 aliphatic heterocycles. The number of amides is 1. The van der Waals surface area contributed by atoms with E-state index in [2.05, 4.69) is 9.88 Å². The lowest BCUT2D eigenvalue weighted by Gasteiger charge is -2.21. The van der Waals surface area contributed by atoms with Gasteiger partial charge >= 0.3 is 0 Å². The van der Waals surface area contributed by atoms with Gasteiger partial charge in [-0.1, -0.05) is 0 Å². The molecule has 7 heteroatoms. The Labute approximate surface area is 117 Å². The third-order valence-electron chi connectivity index (χ3n) is 3.13. The fraction of sp³-hybridized carbons (Fsp3) is 0.667. The van der Waals surface area contributed by atoms with Gasteiger partial charge < -0.3 is 15.4 Å². The summed E-state index contributed by atoms with van der Waals surface area (Å²) in [5.74, 6) is 0.173. The van der Waals surface area contributed by atoms with Crippen LogP contribution in [0.4, 0.5) is 5.13 Å². The van der Waals surface area contributed by atoms with Crippen LogP contribution in [0.15, 0.2) is 6.20 Å². The molecular weight excluding hydrogens is 264 g/mol. The first-order chi connectivity index (χ1) is 9.19. The normalized spacial score (nSPS) is 17.7. The van der Waals surface area contributed by atoms with E-state index < -0.39 is 0 Å². The van der Waals surface area contributed by atoms with Crippen LogP contribution >= 0.6 is 11.3 Å². The third-order valence-corrected chi connectivity index (χ3v) is 3.94. The van der Waals surface area contributed by atoms with E-state index in [9.17, 15) is 4.79 Å². The van der Waals surface area contributed by atoms with E-state index in [1.165, 1.54) is 11.3 Å². The van der Waals surface area contributed by atoms with Crippen LogP contribution in [0.25, 0.3) is 0 Å². The van der Waals surface area contributed by atoms with Gasteiger partial charge in [-0.25, -0.2) is 4.98 Å². The molecule has 1 saturated heterocycles. The number of carbonyl (C=O) groups is 1. The molecule has 0 bridgehead atoms. The number of nitrogens with two attached hydrogens (primary N) is 1. The highest BCUT2D eigenvalue weighted by atomic mass is 32.1. The smallest absolute Gasteiger partial charge is 0.236 e. The Morgan fingerprint density at radius 3 is 3.05 bits per heavy atom. The molecule has 106 valence electrons. The fourth-order valence-corrected chi connectivity index (χ4v) is 2.90. The predicted molar refractivity (Wildman–Crippen MR) is 74.9 cm³/mol. The summed E-state index contributed by atoms with van der Waals surface area (Å²) in [6.45, 7) is 4.21. The summed E-state index contributed by atoms with van der Waals surface area (Å²) in [6.07, 6.45) is 2.78. The van der Waals surface area contributed by atoms with E-state index in [0.29, 0.717) is 24.8 Å². The molecule has 0 radical (unpaired) electrons. The number of aromatic nitrogens is 1. The summed E-state index contributed by atoms with van der Waals surface area (Å²) in [6, 6.07) is 0. The highest BCUT2D eigenvalue weighted by molar-refractivity contribution is 7.15. The molecule has 1 aliphatic rings. The van der Waals surface area contributed by atoms with E-state index in [1.54, 1.807) is 13.3 Å². The molecule has 2 N–H and O–H groups in total. The first-order valence-corrected chi connectivity index (χ1v) is 7.20. The molecule has 1 aromatic rings. The molecule has 0 saturated carbocycles. The van der Waals surface area contributed by atoms with Crippen molar-refractivity contribution in [1.29, 1.82) is 0 Å². The number of ether oxygens (including phenoxy) is 1. The average Bonchev–Trinajstić information content (AvgIpc) is 2.69. The molecule has 1 aromatic heterocycles. The van der Waals surface area contributed by atoms with Crippen molar-refractivity contribution in [3.05, 3.63) is 11.1 Å². The molecule has 0 unspecified atom stereocenters. The van der Waals surface area contributed by atoms with Crippen LogP contribution in [-0.4, -0.2) is 60.6 Å². The zero-order valence-electron chi connectivity index (χ0n) is 11.2. The zero-order valence-corrected chi connectivity index (χ0v) is 12.0. The van der Waals surface area contributed by atoms with E-state index >= 15 is 0 Å². The minimum absolute atomic E-state index is 0.173. The van der Waals surface area contributed by atoms with Crippen molar-refractivity contribution >= 4 is 22.4 Å². The molecule has 1 fully saturated rings. The van der Waals surface area contributed by atoms with Gasteiger partial charge in [0.05, 0.1) is 13.2 Å². The van der Waals surface area contributed by atoms with E-state index in [-0.39, 0.29) is 5.91 Å². The second kappa shape index (κ2) is 6.83. The lowest BCUT2D eigenvalue weighted by molar-refractivity contribution is -0.131. The first kappa shape index (κ1) is 14.2. The van der Waals surface area contributed by atoms with Gasteiger partial charge in [0.2, 0.25) is 5.91 Å². The molecule has 2 rings (SSSR count). The Bertz CT molecular complexity index is 424. The summed E-state index contributed by atoms with van der Waals surface area (Å²) in [5, 5.41) is 0.581. The summed E-state index contributed by atoms with van der Waals surface area (Å²) < 4.78 is 5.03. The van der Waals surface area contributed by atoms with Gasteiger partial charge in [-0.3, -0.25) is 9.69 Å². The fourth-order valence-electron chi connectivity index (χ4n) is 2.17. The molecule has 0 aromatic carbocycles. The molecule has 6 nitrogen and oxygen atoms in total. The largest absolute Gasteiger partial charge is 0.383 e. The Kier molecular flexibility index (Phi) is 5.12. The van der Waals surface area contributed by atoms with Crippen molar-refractivity contribution in [1.82, 2.24) is 14.8 Å². The molecule has 19 heavy (non-hydrogen) atoms. The number of nitrogens with zero attached hydrogens (tertiary/aromatic N) is 3. The molecule has 0 spiro atoms. The summed E-state index contributed by atoms with van der Waals surface area (Å²) >= 11 is 1.48. The summed E-state index contributed by atoms with van der Waals surface area (Å²) in [7, 11) is 1.66. The number of methoxy groups -OCH3 is 1. The Morgan fingerprint density at radius 2 is 2.37 bits per heavy atom. The van der Waals surface area contributed by atoms with E-state index in [0.717, 1.165) is 30.9 Å². The van der Waals surface area contributed by atoms with Crippen molar-refractivity contribution in [3.63, 3.8) is 0 Å². The lowest BCUT2D eigenvalue weighted by Crippen LogP contribution is -2.38. The van der Waals surface area contributed by atoms with Crippen LogP contribution in [0.5, 0.6) is 0 Å². The summed E-state index contributed by atoms with van der Waals surface area (Å²) in [5.41, 5.74) is 5.62. The van der Waals surface area contributed by atoms with Gasteiger partial charge in [0, 0.05) is 44.4 Å². The van der Waals surface area contributed by atoms with Crippen LogP contribution in [-0.2, 0) is 16.1 Å². The van der Waals surface area contributed by atoms with Gasteiger partial charge in [0.15, 0.2) is 5.13 Å². The van der Waals surface area contributed by atoms with Gasteiger partial charge in [-0.05, 0) is 6.42 Å².